The van der Waals surface area contributed by atoms with Crippen molar-refractivity contribution in [3.05, 3.63) is 35.4 Å². The van der Waals surface area contributed by atoms with E-state index >= 15 is 0 Å². The first kappa shape index (κ1) is 23.6. The molecule has 170 valence electrons. The normalized spacial score (nSPS) is 14.9. The monoisotopic (exact) mass is 447 g/mol. The summed E-state index contributed by atoms with van der Waals surface area (Å²) in [5.74, 6) is 2.67. The van der Waals surface area contributed by atoms with Gasteiger partial charge in [0.2, 0.25) is 0 Å². The van der Waals surface area contributed by atoms with E-state index in [-0.39, 0.29) is 5.91 Å². The highest BCUT2D eigenvalue weighted by Crippen LogP contribution is 2.26. The molecule has 0 atom stereocenters. The second kappa shape index (κ2) is 11.5. The summed E-state index contributed by atoms with van der Waals surface area (Å²) in [6.45, 7) is 12.6. The Morgan fingerprint density at radius 1 is 1.26 bits per heavy atom. The lowest BCUT2D eigenvalue weighted by atomic mass is 10.1. The van der Waals surface area contributed by atoms with Crippen LogP contribution < -0.4 is 10.2 Å². The molecule has 1 aliphatic heterocycles. The molecule has 9 heteroatoms. The zero-order valence-electron chi connectivity index (χ0n) is 18.9. The van der Waals surface area contributed by atoms with Crippen LogP contribution in [0.4, 0.5) is 5.82 Å². The molecule has 0 aliphatic carbocycles. The molecule has 1 fully saturated rings. The fourth-order valence-corrected chi connectivity index (χ4v) is 4.07. The van der Waals surface area contributed by atoms with Crippen LogP contribution in [0.3, 0.4) is 0 Å². The Morgan fingerprint density at radius 3 is 2.71 bits per heavy atom. The average molecular weight is 448 g/mol. The summed E-state index contributed by atoms with van der Waals surface area (Å²) in [5.41, 5.74) is 1.04. The van der Waals surface area contributed by atoms with Crippen LogP contribution in [0.1, 0.15) is 48.7 Å². The van der Waals surface area contributed by atoms with E-state index in [2.05, 4.69) is 42.0 Å². The molecule has 1 amide bonds. The van der Waals surface area contributed by atoms with Gasteiger partial charge in [-0.2, -0.15) is 0 Å². The third-order valence-corrected chi connectivity index (χ3v) is 6.14. The van der Waals surface area contributed by atoms with Gasteiger partial charge in [0, 0.05) is 51.6 Å². The van der Waals surface area contributed by atoms with Gasteiger partial charge in [0.25, 0.3) is 5.91 Å². The van der Waals surface area contributed by atoms with Gasteiger partial charge in [0.05, 0.1) is 12.4 Å². The van der Waals surface area contributed by atoms with E-state index in [0.29, 0.717) is 30.6 Å². The highest BCUT2D eigenvalue weighted by Gasteiger charge is 2.19. The number of nitrogens with one attached hydrogen (secondary N) is 1. The van der Waals surface area contributed by atoms with E-state index < -0.39 is 0 Å². The minimum absolute atomic E-state index is 0.236. The van der Waals surface area contributed by atoms with Crippen molar-refractivity contribution in [1.82, 2.24) is 20.2 Å². The predicted octanol–water partition coefficient (Wildman–Crippen LogP) is 3.00. The molecule has 0 spiro atoms. The Hall–Kier alpha value is -2.10. The number of amides is 1. The van der Waals surface area contributed by atoms with Crippen molar-refractivity contribution in [1.29, 1.82) is 0 Å². The molecule has 3 heterocycles. The summed E-state index contributed by atoms with van der Waals surface area (Å²) >= 11 is 1.53. The summed E-state index contributed by atoms with van der Waals surface area (Å²) in [7, 11) is 1.60. The van der Waals surface area contributed by atoms with Crippen molar-refractivity contribution in [3.63, 3.8) is 0 Å². The van der Waals surface area contributed by atoms with Crippen LogP contribution in [0.15, 0.2) is 27.8 Å². The van der Waals surface area contributed by atoms with E-state index in [1.165, 1.54) is 11.8 Å². The quantitative estimate of drug-likeness (QED) is 0.338. The van der Waals surface area contributed by atoms with E-state index in [1.54, 1.807) is 13.2 Å². The van der Waals surface area contributed by atoms with Crippen LogP contribution in [-0.4, -0.2) is 73.8 Å². The van der Waals surface area contributed by atoms with Gasteiger partial charge in [0.15, 0.2) is 10.9 Å². The minimum atomic E-state index is -0.236. The smallest absolute Gasteiger partial charge is 0.287 e. The molecule has 1 N–H and O–H groups in total. The number of aromatic nitrogens is 2. The average Bonchev–Trinajstić information content (AvgIpc) is 3.27. The summed E-state index contributed by atoms with van der Waals surface area (Å²) in [4.78, 5) is 26.5. The number of methoxy groups -OCH3 is 1. The van der Waals surface area contributed by atoms with E-state index in [4.69, 9.17) is 19.1 Å². The molecule has 0 unspecified atom stereocenters. The lowest BCUT2D eigenvalue weighted by Gasteiger charge is -2.35. The summed E-state index contributed by atoms with van der Waals surface area (Å²) in [6.07, 6.45) is 0. The maximum absolute atomic E-state index is 12.1. The predicted molar refractivity (Wildman–Crippen MR) is 123 cm³/mol. The largest absolute Gasteiger partial charge is 0.455 e. The van der Waals surface area contributed by atoms with Gasteiger partial charge in [-0.1, -0.05) is 32.5 Å². The number of hydrogen-bond donors (Lipinski definition) is 1. The molecular weight excluding hydrogens is 414 g/mol. The number of carbonyl (C=O) groups is 1. The Morgan fingerprint density at radius 2 is 2.03 bits per heavy atom. The van der Waals surface area contributed by atoms with Crippen molar-refractivity contribution in [3.8, 4) is 0 Å². The molecule has 2 aromatic heterocycles. The van der Waals surface area contributed by atoms with Gasteiger partial charge < -0.3 is 24.3 Å². The first-order chi connectivity index (χ1) is 15.0. The van der Waals surface area contributed by atoms with Crippen LogP contribution in [0.25, 0.3) is 0 Å². The molecule has 31 heavy (non-hydrogen) atoms. The molecule has 0 saturated carbocycles. The topological polar surface area (TPSA) is 83.7 Å². The summed E-state index contributed by atoms with van der Waals surface area (Å²) in [6, 6.07) is 5.64. The molecule has 1 aliphatic rings. The number of likely N-dealkylation sites (N-methyl/N-ethyl adjacent to an activating group) is 1. The number of thioether (sulfide) groups is 1. The number of furan rings is 1. The van der Waals surface area contributed by atoms with E-state index in [0.717, 1.165) is 55.2 Å². The molecule has 0 radical (unpaired) electrons. The Balaban J connectivity index is 1.65. The van der Waals surface area contributed by atoms with Gasteiger partial charge in [-0.15, -0.1) is 0 Å². The zero-order chi connectivity index (χ0) is 22.2. The number of anilines is 1. The Kier molecular flexibility index (Phi) is 8.74. The van der Waals surface area contributed by atoms with E-state index in [9.17, 15) is 4.79 Å². The van der Waals surface area contributed by atoms with Gasteiger partial charge in [-0.25, -0.2) is 9.97 Å². The van der Waals surface area contributed by atoms with Crippen molar-refractivity contribution in [2.75, 3.05) is 57.9 Å². The molecule has 0 aromatic carbocycles. The molecular formula is C22H33N5O3S. The van der Waals surface area contributed by atoms with Crippen LogP contribution in [-0.2, 0) is 10.5 Å². The number of carbonyl (C=O) groups excluding carboxylic acids is 1. The Bertz CT molecular complexity index is 849. The van der Waals surface area contributed by atoms with Crippen molar-refractivity contribution in [2.24, 2.45) is 0 Å². The third-order valence-electron chi connectivity index (χ3n) is 5.27. The van der Waals surface area contributed by atoms with Crippen molar-refractivity contribution < 1.29 is 13.9 Å². The van der Waals surface area contributed by atoms with Gasteiger partial charge in [-0.05, 0) is 24.6 Å². The van der Waals surface area contributed by atoms with Crippen LogP contribution in [0.5, 0.6) is 0 Å². The van der Waals surface area contributed by atoms with Crippen molar-refractivity contribution in [2.45, 2.75) is 37.6 Å². The lowest BCUT2D eigenvalue weighted by molar-refractivity contribution is 0.0908. The van der Waals surface area contributed by atoms with Gasteiger partial charge in [0.1, 0.15) is 11.6 Å². The third kappa shape index (κ3) is 6.69. The molecule has 0 bridgehead atoms. The number of piperazine rings is 1. The van der Waals surface area contributed by atoms with E-state index in [1.807, 2.05) is 6.07 Å². The number of hydrogen-bond acceptors (Lipinski definition) is 8. The van der Waals surface area contributed by atoms with Crippen LogP contribution in [0, 0.1) is 0 Å². The summed E-state index contributed by atoms with van der Waals surface area (Å²) in [5, 5.41) is 3.50. The SMILES string of the molecule is CCN1CCN(c2cc(C(C)C)nc(SCc3ccc(C(=O)NCCOC)o3)n2)CC1. The first-order valence-electron chi connectivity index (χ1n) is 10.8. The second-order valence-electron chi connectivity index (χ2n) is 7.81. The van der Waals surface area contributed by atoms with Crippen LogP contribution in [0.2, 0.25) is 0 Å². The minimum Gasteiger partial charge on any atom is -0.455 e. The second-order valence-corrected chi connectivity index (χ2v) is 8.76. The van der Waals surface area contributed by atoms with Crippen LogP contribution >= 0.6 is 11.8 Å². The number of rotatable bonds is 10. The van der Waals surface area contributed by atoms with Crippen molar-refractivity contribution >= 4 is 23.5 Å². The fraction of sp³-hybridized carbons (Fsp3) is 0.591. The molecule has 3 rings (SSSR count). The fourth-order valence-electron chi connectivity index (χ4n) is 3.31. The molecule has 1 saturated heterocycles. The molecule has 8 nitrogen and oxygen atoms in total. The maximum atomic E-state index is 12.1. The zero-order valence-corrected chi connectivity index (χ0v) is 19.7. The number of nitrogens with zero attached hydrogens (tertiary/aromatic N) is 4. The van der Waals surface area contributed by atoms with Gasteiger partial charge >= 0.3 is 0 Å². The van der Waals surface area contributed by atoms with Gasteiger partial charge in [-0.3, -0.25) is 4.79 Å². The highest BCUT2D eigenvalue weighted by molar-refractivity contribution is 7.98. The lowest BCUT2D eigenvalue weighted by Crippen LogP contribution is -2.46. The maximum Gasteiger partial charge on any atom is 0.287 e. The standard InChI is InChI=1S/C22H33N5O3S/c1-5-26-9-11-27(12-10-26)20-14-18(16(2)3)24-22(25-20)31-15-17-6-7-19(30-17)21(28)23-8-13-29-4/h6-7,14,16H,5,8-13,15H2,1-4H3,(H,23,28). The highest BCUT2D eigenvalue weighted by atomic mass is 32.2. The Labute approximate surface area is 188 Å². The molecule has 2 aromatic rings. The number of ether oxygens (including phenoxy) is 1. The summed E-state index contributed by atoms with van der Waals surface area (Å²) < 4.78 is 10.6. The first-order valence-corrected chi connectivity index (χ1v) is 11.8.